The summed E-state index contributed by atoms with van der Waals surface area (Å²) in [4.78, 5) is 25.8. The number of thiol groups is 1. The van der Waals surface area contributed by atoms with E-state index in [9.17, 15) is 14.7 Å². The van der Waals surface area contributed by atoms with Crippen LogP contribution >= 0.6 is 12.6 Å². The number of carbonyl (C=O) groups excluding carboxylic acids is 1. The lowest BCUT2D eigenvalue weighted by Crippen LogP contribution is -2.40. The number of nitrogens with one attached hydrogen (secondary N) is 1. The second-order valence-corrected chi connectivity index (χ2v) is 7.60. The van der Waals surface area contributed by atoms with Crippen molar-refractivity contribution in [3.63, 3.8) is 0 Å². The second kappa shape index (κ2) is 10.1. The largest absolute Gasteiger partial charge is 0.480 e. The molecule has 0 aliphatic heterocycles. The van der Waals surface area contributed by atoms with Gasteiger partial charge in [-0.3, -0.25) is 9.36 Å². The maximum Gasteiger partial charge on any atom is 0.326 e. The molecule has 3 aromatic rings. The van der Waals surface area contributed by atoms with E-state index in [1.807, 2.05) is 36.1 Å². The average molecular weight is 440 g/mol. The maximum absolute atomic E-state index is 12.4. The molecule has 1 aromatic heterocycles. The molecule has 0 fully saturated rings. The van der Waals surface area contributed by atoms with E-state index in [1.165, 1.54) is 0 Å². The van der Waals surface area contributed by atoms with E-state index >= 15 is 0 Å². The van der Waals surface area contributed by atoms with Crippen LogP contribution in [0.2, 0.25) is 0 Å². The zero-order chi connectivity index (χ0) is 22.4. The fraction of sp³-hybridized carbons (Fsp3) is 0.273. The molecule has 2 aromatic carbocycles. The minimum absolute atomic E-state index is 0.186. The van der Waals surface area contributed by atoms with Crippen LogP contribution in [0.3, 0.4) is 0 Å². The SMILES string of the molecule is Cc1ccc(N(CCCNC(=O)c2ccc(-n3cnnc3S)cc2)C(C)C(=O)O)cc1. The zero-order valence-corrected chi connectivity index (χ0v) is 18.3. The number of carboxylic acids is 1. The Balaban J connectivity index is 1.55. The Kier molecular flexibility index (Phi) is 7.30. The molecule has 0 aliphatic carbocycles. The first-order chi connectivity index (χ1) is 14.9. The van der Waals surface area contributed by atoms with Gasteiger partial charge in [0.15, 0.2) is 5.16 Å². The number of hydrogen-bond acceptors (Lipinski definition) is 6. The number of aromatic nitrogens is 3. The molecule has 3 rings (SSSR count). The normalized spacial score (nSPS) is 11.7. The first-order valence-electron chi connectivity index (χ1n) is 9.90. The third-order valence-corrected chi connectivity index (χ3v) is 5.29. The number of benzene rings is 2. The third-order valence-electron chi connectivity index (χ3n) is 4.99. The summed E-state index contributed by atoms with van der Waals surface area (Å²) in [6.45, 7) is 4.59. The van der Waals surface area contributed by atoms with Crippen LogP contribution in [0.4, 0.5) is 5.69 Å². The van der Waals surface area contributed by atoms with Crippen LogP contribution in [0.5, 0.6) is 0 Å². The van der Waals surface area contributed by atoms with Crippen LogP contribution in [0, 0.1) is 6.92 Å². The zero-order valence-electron chi connectivity index (χ0n) is 17.4. The van der Waals surface area contributed by atoms with Gasteiger partial charge in [-0.05, 0) is 56.7 Å². The highest BCUT2D eigenvalue weighted by molar-refractivity contribution is 7.80. The van der Waals surface area contributed by atoms with Crippen LogP contribution < -0.4 is 10.2 Å². The molecule has 31 heavy (non-hydrogen) atoms. The lowest BCUT2D eigenvalue weighted by molar-refractivity contribution is -0.138. The smallest absolute Gasteiger partial charge is 0.326 e. The minimum Gasteiger partial charge on any atom is -0.480 e. The molecule has 1 heterocycles. The van der Waals surface area contributed by atoms with E-state index in [1.54, 1.807) is 42.1 Å². The average Bonchev–Trinajstić information content (AvgIpc) is 3.20. The Morgan fingerprint density at radius 3 is 2.42 bits per heavy atom. The lowest BCUT2D eigenvalue weighted by atomic mass is 10.1. The molecule has 1 atom stereocenters. The van der Waals surface area contributed by atoms with Crippen LogP contribution in [-0.4, -0.2) is 50.9 Å². The van der Waals surface area contributed by atoms with E-state index in [2.05, 4.69) is 28.1 Å². The van der Waals surface area contributed by atoms with E-state index < -0.39 is 12.0 Å². The summed E-state index contributed by atoms with van der Waals surface area (Å²) in [5.41, 5.74) is 3.30. The molecule has 0 aliphatic rings. The minimum atomic E-state index is -0.887. The van der Waals surface area contributed by atoms with Crippen molar-refractivity contribution in [2.75, 3.05) is 18.0 Å². The predicted molar refractivity (Wildman–Crippen MR) is 121 cm³/mol. The molecule has 9 heteroatoms. The van der Waals surface area contributed by atoms with Crippen LogP contribution in [0.1, 0.15) is 29.3 Å². The summed E-state index contributed by atoms with van der Waals surface area (Å²) in [7, 11) is 0. The topological polar surface area (TPSA) is 100 Å². The van der Waals surface area contributed by atoms with Gasteiger partial charge in [-0.2, -0.15) is 0 Å². The van der Waals surface area contributed by atoms with Crippen molar-refractivity contribution in [3.8, 4) is 5.69 Å². The Bertz CT molecular complexity index is 1030. The number of carbonyl (C=O) groups is 2. The van der Waals surface area contributed by atoms with E-state index in [0.29, 0.717) is 30.2 Å². The summed E-state index contributed by atoms with van der Waals surface area (Å²) >= 11 is 4.23. The highest BCUT2D eigenvalue weighted by atomic mass is 32.1. The van der Waals surface area contributed by atoms with Crippen molar-refractivity contribution in [3.05, 3.63) is 66.0 Å². The van der Waals surface area contributed by atoms with Gasteiger partial charge in [0, 0.05) is 30.0 Å². The van der Waals surface area contributed by atoms with Gasteiger partial charge in [0.1, 0.15) is 12.4 Å². The fourth-order valence-corrected chi connectivity index (χ4v) is 3.37. The van der Waals surface area contributed by atoms with E-state index in [4.69, 9.17) is 0 Å². The van der Waals surface area contributed by atoms with Crippen molar-refractivity contribution in [2.24, 2.45) is 0 Å². The summed E-state index contributed by atoms with van der Waals surface area (Å²) in [6.07, 6.45) is 2.16. The Morgan fingerprint density at radius 1 is 1.16 bits per heavy atom. The quantitative estimate of drug-likeness (QED) is 0.350. The predicted octanol–water partition coefficient (Wildman–Crippen LogP) is 2.96. The van der Waals surface area contributed by atoms with E-state index in [-0.39, 0.29) is 5.91 Å². The van der Waals surface area contributed by atoms with Gasteiger partial charge in [0.05, 0.1) is 0 Å². The molecule has 0 radical (unpaired) electrons. The molecule has 0 saturated heterocycles. The summed E-state index contributed by atoms with van der Waals surface area (Å²) in [6, 6.07) is 14.1. The number of rotatable bonds is 9. The molecular formula is C22H25N5O3S. The highest BCUT2D eigenvalue weighted by Gasteiger charge is 2.20. The number of aryl methyl sites for hydroxylation is 1. The molecular weight excluding hydrogens is 414 g/mol. The van der Waals surface area contributed by atoms with Gasteiger partial charge in [-0.15, -0.1) is 22.8 Å². The first kappa shape index (κ1) is 22.4. The number of anilines is 1. The van der Waals surface area contributed by atoms with Crippen LogP contribution in [0.25, 0.3) is 5.69 Å². The molecule has 162 valence electrons. The van der Waals surface area contributed by atoms with Gasteiger partial charge in [0.2, 0.25) is 0 Å². The van der Waals surface area contributed by atoms with Crippen LogP contribution in [0.15, 0.2) is 60.0 Å². The number of carboxylic acid groups (broad SMARTS) is 1. The van der Waals surface area contributed by atoms with Crippen molar-refractivity contribution in [1.82, 2.24) is 20.1 Å². The van der Waals surface area contributed by atoms with Gasteiger partial charge in [0.25, 0.3) is 5.91 Å². The molecule has 0 spiro atoms. The fourth-order valence-electron chi connectivity index (χ4n) is 3.15. The monoisotopic (exact) mass is 439 g/mol. The number of hydrogen-bond donors (Lipinski definition) is 3. The second-order valence-electron chi connectivity index (χ2n) is 7.20. The lowest BCUT2D eigenvalue weighted by Gasteiger charge is -2.29. The summed E-state index contributed by atoms with van der Waals surface area (Å²) in [5, 5.41) is 20.4. The third kappa shape index (κ3) is 5.64. The van der Waals surface area contributed by atoms with Gasteiger partial charge in [-0.25, -0.2) is 4.79 Å². The molecule has 0 saturated carbocycles. The first-order valence-corrected chi connectivity index (χ1v) is 10.4. The molecule has 8 nitrogen and oxygen atoms in total. The van der Waals surface area contributed by atoms with E-state index in [0.717, 1.165) is 16.9 Å². The van der Waals surface area contributed by atoms with Gasteiger partial charge in [-0.1, -0.05) is 17.7 Å². The standard InChI is InChI=1S/C22H25N5O3S/c1-15-4-8-18(9-5-15)26(16(2)21(29)30)13-3-12-23-20(28)17-6-10-19(11-7-17)27-14-24-25-22(27)31/h4-11,14,16H,3,12-13H2,1-2H3,(H,23,28)(H,25,31)(H,29,30). The van der Waals surface area contributed by atoms with Crippen molar-refractivity contribution in [2.45, 2.75) is 31.5 Å². The number of aliphatic carboxylic acids is 1. The molecule has 2 N–H and O–H groups in total. The van der Waals surface area contributed by atoms with Gasteiger partial charge >= 0.3 is 5.97 Å². The van der Waals surface area contributed by atoms with Crippen LogP contribution in [-0.2, 0) is 4.79 Å². The number of nitrogens with zero attached hydrogens (tertiary/aromatic N) is 4. The Hall–Kier alpha value is -3.33. The Labute approximate surface area is 186 Å². The van der Waals surface area contributed by atoms with Crippen molar-refractivity contribution in [1.29, 1.82) is 0 Å². The van der Waals surface area contributed by atoms with Gasteiger partial charge < -0.3 is 15.3 Å². The molecule has 1 unspecified atom stereocenters. The molecule has 1 amide bonds. The van der Waals surface area contributed by atoms with Crippen molar-refractivity contribution < 1.29 is 14.7 Å². The summed E-state index contributed by atoms with van der Waals surface area (Å²) in [5.74, 6) is -1.07. The number of amides is 1. The summed E-state index contributed by atoms with van der Waals surface area (Å²) < 4.78 is 1.70. The Morgan fingerprint density at radius 2 is 1.84 bits per heavy atom. The maximum atomic E-state index is 12.4. The highest BCUT2D eigenvalue weighted by Crippen LogP contribution is 2.18. The molecule has 0 bridgehead atoms. The van der Waals surface area contributed by atoms with Crippen molar-refractivity contribution >= 4 is 30.2 Å².